The maximum absolute atomic E-state index is 13.2. The molecule has 0 radical (unpaired) electrons. The van der Waals surface area contributed by atoms with E-state index in [9.17, 15) is 13.2 Å². The molecule has 3 aromatic rings. The average molecular weight is 482 g/mol. The third-order valence-electron chi connectivity index (χ3n) is 5.03. The van der Waals surface area contributed by atoms with Gasteiger partial charge in [-0.3, -0.25) is 4.79 Å². The van der Waals surface area contributed by atoms with Crippen LogP contribution in [-0.2, 0) is 21.2 Å². The standard InChI is InChI=1S/C25H27N3O5S/c1-32-22-14-13-21(24(17-22)33-2)18-26-27-25(29)19-28(16-15-20-9-5-3-6-10-20)34(30,31)23-11-7-4-8-12-23/h3-14,17-18H,15-16,19H2,1-2H3,(H,27,29)/b26-18+. The zero-order valence-electron chi connectivity index (χ0n) is 19.0. The molecule has 0 spiro atoms. The molecular formula is C25H27N3O5S. The highest BCUT2D eigenvalue weighted by molar-refractivity contribution is 7.89. The van der Waals surface area contributed by atoms with E-state index in [1.807, 2.05) is 30.3 Å². The highest BCUT2D eigenvalue weighted by atomic mass is 32.2. The lowest BCUT2D eigenvalue weighted by atomic mass is 10.1. The van der Waals surface area contributed by atoms with E-state index in [0.29, 0.717) is 23.5 Å². The molecule has 0 heterocycles. The van der Waals surface area contributed by atoms with Crippen molar-refractivity contribution in [1.29, 1.82) is 0 Å². The van der Waals surface area contributed by atoms with Gasteiger partial charge in [0.2, 0.25) is 10.0 Å². The Labute approximate surface area is 199 Å². The lowest BCUT2D eigenvalue weighted by Crippen LogP contribution is -2.40. The summed E-state index contributed by atoms with van der Waals surface area (Å²) in [5, 5.41) is 3.96. The Balaban J connectivity index is 1.72. The van der Waals surface area contributed by atoms with Crippen molar-refractivity contribution in [3.05, 3.63) is 90.0 Å². The average Bonchev–Trinajstić information content (AvgIpc) is 2.87. The number of hydrogen-bond donors (Lipinski definition) is 1. The predicted molar refractivity (Wildman–Crippen MR) is 131 cm³/mol. The van der Waals surface area contributed by atoms with Gasteiger partial charge in [0, 0.05) is 18.2 Å². The first-order valence-electron chi connectivity index (χ1n) is 10.6. The van der Waals surface area contributed by atoms with Crippen molar-refractivity contribution in [3.8, 4) is 11.5 Å². The van der Waals surface area contributed by atoms with Gasteiger partial charge >= 0.3 is 0 Å². The fourth-order valence-electron chi connectivity index (χ4n) is 3.22. The van der Waals surface area contributed by atoms with E-state index >= 15 is 0 Å². The Morgan fingerprint density at radius 2 is 1.65 bits per heavy atom. The van der Waals surface area contributed by atoms with E-state index in [-0.39, 0.29) is 18.0 Å². The topological polar surface area (TPSA) is 97.3 Å². The van der Waals surface area contributed by atoms with Gasteiger partial charge in [-0.05, 0) is 36.2 Å². The van der Waals surface area contributed by atoms with Crippen molar-refractivity contribution >= 4 is 22.1 Å². The molecule has 3 aromatic carbocycles. The van der Waals surface area contributed by atoms with Gasteiger partial charge in [0.15, 0.2) is 0 Å². The second kappa shape index (κ2) is 12.0. The molecule has 0 fully saturated rings. The van der Waals surface area contributed by atoms with E-state index < -0.39 is 15.9 Å². The molecule has 0 saturated heterocycles. The molecule has 0 aliphatic rings. The van der Waals surface area contributed by atoms with Crippen molar-refractivity contribution in [3.63, 3.8) is 0 Å². The number of amides is 1. The summed E-state index contributed by atoms with van der Waals surface area (Å²) in [7, 11) is -0.806. The zero-order chi connectivity index (χ0) is 24.4. The third-order valence-corrected chi connectivity index (χ3v) is 6.89. The molecule has 34 heavy (non-hydrogen) atoms. The number of hydrazone groups is 1. The maximum Gasteiger partial charge on any atom is 0.255 e. The summed E-state index contributed by atoms with van der Waals surface area (Å²) in [6.07, 6.45) is 1.89. The molecule has 1 N–H and O–H groups in total. The summed E-state index contributed by atoms with van der Waals surface area (Å²) in [5.74, 6) is 0.586. The SMILES string of the molecule is COc1ccc(/C=N/NC(=O)CN(CCc2ccccc2)S(=O)(=O)c2ccccc2)c(OC)c1. The van der Waals surface area contributed by atoms with Crippen LogP contribution in [0.25, 0.3) is 0 Å². The quantitative estimate of drug-likeness (QED) is 0.335. The van der Waals surface area contributed by atoms with Gasteiger partial charge in [-0.25, -0.2) is 13.8 Å². The van der Waals surface area contributed by atoms with Crippen LogP contribution < -0.4 is 14.9 Å². The van der Waals surface area contributed by atoms with Gasteiger partial charge in [-0.15, -0.1) is 0 Å². The van der Waals surface area contributed by atoms with E-state index in [0.717, 1.165) is 9.87 Å². The van der Waals surface area contributed by atoms with Crippen LogP contribution in [-0.4, -0.2) is 52.2 Å². The minimum Gasteiger partial charge on any atom is -0.497 e. The minimum absolute atomic E-state index is 0.127. The number of ether oxygens (including phenoxy) is 2. The second-order valence-corrected chi connectivity index (χ2v) is 9.23. The van der Waals surface area contributed by atoms with E-state index in [4.69, 9.17) is 9.47 Å². The van der Waals surface area contributed by atoms with Gasteiger partial charge in [0.25, 0.3) is 5.91 Å². The summed E-state index contributed by atoms with van der Waals surface area (Å²) < 4.78 is 38.0. The summed E-state index contributed by atoms with van der Waals surface area (Å²) >= 11 is 0. The zero-order valence-corrected chi connectivity index (χ0v) is 19.9. The highest BCUT2D eigenvalue weighted by Crippen LogP contribution is 2.23. The minimum atomic E-state index is -3.88. The predicted octanol–water partition coefficient (Wildman–Crippen LogP) is 3.09. The van der Waals surface area contributed by atoms with E-state index in [1.165, 1.54) is 25.5 Å². The first kappa shape index (κ1) is 24.9. The number of methoxy groups -OCH3 is 2. The number of hydrogen-bond acceptors (Lipinski definition) is 6. The number of rotatable bonds is 11. The summed E-state index contributed by atoms with van der Waals surface area (Å²) in [6.45, 7) is -0.230. The monoisotopic (exact) mass is 481 g/mol. The molecule has 0 bridgehead atoms. The number of carbonyl (C=O) groups is 1. The van der Waals surface area contributed by atoms with Crippen LogP contribution in [0.2, 0.25) is 0 Å². The van der Waals surface area contributed by atoms with Gasteiger partial charge in [0.05, 0.1) is 31.9 Å². The smallest absolute Gasteiger partial charge is 0.255 e. The van der Waals surface area contributed by atoms with Crippen LogP contribution in [0.5, 0.6) is 11.5 Å². The Morgan fingerprint density at radius 1 is 0.971 bits per heavy atom. The summed E-state index contributed by atoms with van der Waals surface area (Å²) in [6, 6.07) is 22.7. The van der Waals surface area contributed by atoms with E-state index in [1.54, 1.807) is 43.5 Å². The lowest BCUT2D eigenvalue weighted by molar-refractivity contribution is -0.121. The number of sulfonamides is 1. The van der Waals surface area contributed by atoms with Gasteiger partial charge in [-0.2, -0.15) is 9.41 Å². The number of nitrogens with one attached hydrogen (secondary N) is 1. The largest absolute Gasteiger partial charge is 0.497 e. The molecule has 3 rings (SSSR count). The number of carbonyl (C=O) groups excluding carboxylic acids is 1. The van der Waals surface area contributed by atoms with Crippen molar-refractivity contribution in [2.75, 3.05) is 27.3 Å². The van der Waals surface area contributed by atoms with Gasteiger partial charge in [-0.1, -0.05) is 48.5 Å². The summed E-state index contributed by atoms with van der Waals surface area (Å²) in [5.41, 5.74) is 4.00. The molecule has 1 amide bonds. The highest BCUT2D eigenvalue weighted by Gasteiger charge is 2.26. The maximum atomic E-state index is 13.2. The first-order chi connectivity index (χ1) is 16.4. The molecule has 178 valence electrons. The lowest BCUT2D eigenvalue weighted by Gasteiger charge is -2.21. The third kappa shape index (κ3) is 6.66. The van der Waals surface area contributed by atoms with Crippen molar-refractivity contribution in [2.45, 2.75) is 11.3 Å². The van der Waals surface area contributed by atoms with Gasteiger partial charge in [0.1, 0.15) is 11.5 Å². The Morgan fingerprint density at radius 3 is 2.29 bits per heavy atom. The number of benzene rings is 3. The molecule has 0 saturated carbocycles. The molecule has 8 nitrogen and oxygen atoms in total. The van der Waals surface area contributed by atoms with Gasteiger partial charge < -0.3 is 9.47 Å². The first-order valence-corrected chi connectivity index (χ1v) is 12.0. The van der Waals surface area contributed by atoms with E-state index in [2.05, 4.69) is 10.5 Å². The summed E-state index contributed by atoms with van der Waals surface area (Å²) in [4.78, 5) is 12.7. The van der Waals surface area contributed by atoms with Crippen LogP contribution in [0, 0.1) is 0 Å². The fourth-order valence-corrected chi connectivity index (χ4v) is 4.64. The Kier molecular flexibility index (Phi) is 8.78. The second-order valence-electron chi connectivity index (χ2n) is 7.29. The molecule has 0 aliphatic carbocycles. The fraction of sp³-hybridized carbons (Fsp3) is 0.200. The molecule has 0 aromatic heterocycles. The van der Waals surface area contributed by atoms with Crippen LogP contribution in [0.15, 0.2) is 88.9 Å². The van der Waals surface area contributed by atoms with Crippen molar-refractivity contribution in [1.82, 2.24) is 9.73 Å². The van der Waals surface area contributed by atoms with Crippen LogP contribution >= 0.6 is 0 Å². The van der Waals surface area contributed by atoms with Crippen molar-refractivity contribution < 1.29 is 22.7 Å². The Hall–Kier alpha value is -3.69. The van der Waals surface area contributed by atoms with Crippen LogP contribution in [0.3, 0.4) is 0 Å². The van der Waals surface area contributed by atoms with Crippen molar-refractivity contribution in [2.24, 2.45) is 5.10 Å². The van der Waals surface area contributed by atoms with Crippen LogP contribution in [0.1, 0.15) is 11.1 Å². The number of nitrogens with zero attached hydrogens (tertiary/aromatic N) is 2. The molecular weight excluding hydrogens is 454 g/mol. The molecule has 0 unspecified atom stereocenters. The molecule has 0 atom stereocenters. The van der Waals surface area contributed by atoms with Crippen LogP contribution in [0.4, 0.5) is 0 Å². The Bertz CT molecular complexity index is 1220. The molecule has 0 aliphatic heterocycles. The molecule has 9 heteroatoms. The normalized spacial score (nSPS) is 11.5.